The molecule has 2 aliphatic rings. The third-order valence-electron chi connectivity index (χ3n) is 4.46. The summed E-state index contributed by atoms with van der Waals surface area (Å²) in [6.45, 7) is 0. The van der Waals surface area contributed by atoms with Crippen molar-refractivity contribution in [2.24, 2.45) is 0 Å². The molecule has 0 aromatic heterocycles. The van der Waals surface area contributed by atoms with E-state index in [1.54, 1.807) is 12.1 Å². The van der Waals surface area contributed by atoms with E-state index in [0.717, 1.165) is 32.1 Å². The third kappa shape index (κ3) is 3.35. The average molecular weight is 292 g/mol. The van der Waals surface area contributed by atoms with Crippen LogP contribution in [0.3, 0.4) is 0 Å². The second-order valence-electron chi connectivity index (χ2n) is 6.05. The van der Waals surface area contributed by atoms with E-state index in [4.69, 9.17) is 0 Å². The SMILES string of the molecule is O=C(NC1CCCCC1O)NC1CC1c1ccccc1F. The molecule has 5 heteroatoms. The Morgan fingerprint density at radius 3 is 2.62 bits per heavy atom. The molecule has 0 spiro atoms. The zero-order valence-electron chi connectivity index (χ0n) is 11.9. The van der Waals surface area contributed by atoms with E-state index in [1.807, 2.05) is 6.07 Å². The second-order valence-corrected chi connectivity index (χ2v) is 6.05. The van der Waals surface area contributed by atoms with E-state index in [9.17, 15) is 14.3 Å². The van der Waals surface area contributed by atoms with Crippen LogP contribution in [0.5, 0.6) is 0 Å². The molecule has 0 bridgehead atoms. The summed E-state index contributed by atoms with van der Waals surface area (Å²) in [5, 5.41) is 15.5. The van der Waals surface area contributed by atoms with Crippen molar-refractivity contribution in [1.29, 1.82) is 0 Å². The van der Waals surface area contributed by atoms with Gasteiger partial charge in [-0.05, 0) is 30.9 Å². The van der Waals surface area contributed by atoms with Crippen LogP contribution < -0.4 is 10.6 Å². The molecule has 2 saturated carbocycles. The molecule has 2 amide bonds. The van der Waals surface area contributed by atoms with Gasteiger partial charge in [0.05, 0.1) is 12.1 Å². The molecule has 1 aromatic carbocycles. The Morgan fingerprint density at radius 2 is 1.86 bits per heavy atom. The van der Waals surface area contributed by atoms with E-state index < -0.39 is 6.10 Å². The van der Waals surface area contributed by atoms with Gasteiger partial charge in [-0.2, -0.15) is 0 Å². The predicted octanol–water partition coefficient (Wildman–Crippen LogP) is 2.28. The van der Waals surface area contributed by atoms with Crippen LogP contribution in [0.1, 0.15) is 43.6 Å². The number of halogens is 1. The fourth-order valence-corrected chi connectivity index (χ4v) is 3.13. The quantitative estimate of drug-likeness (QED) is 0.800. The molecule has 0 heterocycles. The highest BCUT2D eigenvalue weighted by molar-refractivity contribution is 5.75. The summed E-state index contributed by atoms with van der Waals surface area (Å²) < 4.78 is 13.7. The van der Waals surface area contributed by atoms with Crippen molar-refractivity contribution in [2.75, 3.05) is 0 Å². The minimum absolute atomic E-state index is 0.0115. The van der Waals surface area contributed by atoms with Gasteiger partial charge < -0.3 is 15.7 Å². The van der Waals surface area contributed by atoms with E-state index in [-0.39, 0.29) is 29.8 Å². The molecule has 4 nitrogen and oxygen atoms in total. The molecule has 2 fully saturated rings. The number of aliphatic hydroxyl groups excluding tert-OH is 1. The Morgan fingerprint density at radius 1 is 1.14 bits per heavy atom. The first-order chi connectivity index (χ1) is 10.1. The number of benzene rings is 1. The zero-order chi connectivity index (χ0) is 14.8. The maximum Gasteiger partial charge on any atom is 0.315 e. The van der Waals surface area contributed by atoms with Crippen molar-refractivity contribution < 1.29 is 14.3 Å². The van der Waals surface area contributed by atoms with Crippen LogP contribution >= 0.6 is 0 Å². The number of carbonyl (C=O) groups is 1. The van der Waals surface area contributed by atoms with Crippen LogP contribution in [0, 0.1) is 5.82 Å². The maximum atomic E-state index is 13.7. The van der Waals surface area contributed by atoms with E-state index in [1.165, 1.54) is 6.07 Å². The topological polar surface area (TPSA) is 61.4 Å². The van der Waals surface area contributed by atoms with Crippen molar-refractivity contribution in [3.8, 4) is 0 Å². The van der Waals surface area contributed by atoms with Crippen LogP contribution in [-0.4, -0.2) is 29.3 Å². The van der Waals surface area contributed by atoms with Crippen LogP contribution in [0.2, 0.25) is 0 Å². The molecule has 4 atom stereocenters. The van der Waals surface area contributed by atoms with Crippen LogP contribution in [-0.2, 0) is 0 Å². The first-order valence-electron chi connectivity index (χ1n) is 7.64. The van der Waals surface area contributed by atoms with Gasteiger partial charge in [0, 0.05) is 12.0 Å². The number of carbonyl (C=O) groups excluding carboxylic acids is 1. The number of aliphatic hydroxyl groups is 1. The van der Waals surface area contributed by atoms with Crippen molar-refractivity contribution in [2.45, 2.75) is 56.2 Å². The minimum atomic E-state index is -0.453. The van der Waals surface area contributed by atoms with Gasteiger partial charge in [0.2, 0.25) is 0 Å². The summed E-state index contributed by atoms with van der Waals surface area (Å²) in [7, 11) is 0. The Balaban J connectivity index is 1.50. The molecular formula is C16H21FN2O2. The molecule has 1 aromatic rings. The molecular weight excluding hydrogens is 271 g/mol. The monoisotopic (exact) mass is 292 g/mol. The smallest absolute Gasteiger partial charge is 0.315 e. The van der Waals surface area contributed by atoms with Gasteiger partial charge in [0.15, 0.2) is 0 Å². The van der Waals surface area contributed by atoms with E-state index >= 15 is 0 Å². The first-order valence-corrected chi connectivity index (χ1v) is 7.64. The van der Waals surface area contributed by atoms with Crippen molar-refractivity contribution in [1.82, 2.24) is 10.6 Å². The zero-order valence-corrected chi connectivity index (χ0v) is 11.9. The fourth-order valence-electron chi connectivity index (χ4n) is 3.13. The molecule has 0 radical (unpaired) electrons. The predicted molar refractivity (Wildman–Crippen MR) is 77.5 cm³/mol. The summed E-state index contributed by atoms with van der Waals surface area (Å²) in [5.74, 6) is -0.150. The molecule has 21 heavy (non-hydrogen) atoms. The summed E-state index contributed by atoms with van der Waals surface area (Å²) in [4.78, 5) is 11.9. The van der Waals surface area contributed by atoms with Gasteiger partial charge in [-0.3, -0.25) is 0 Å². The number of hydrogen-bond acceptors (Lipinski definition) is 2. The van der Waals surface area contributed by atoms with Crippen molar-refractivity contribution >= 4 is 6.03 Å². The number of amides is 2. The molecule has 4 unspecified atom stereocenters. The summed E-state index contributed by atoms with van der Waals surface area (Å²) in [6, 6.07) is 6.26. The van der Waals surface area contributed by atoms with Gasteiger partial charge in [-0.15, -0.1) is 0 Å². The Kier molecular flexibility index (Phi) is 4.10. The standard InChI is InChI=1S/C16H21FN2O2/c17-12-6-2-1-5-10(12)11-9-14(11)19-16(21)18-13-7-3-4-8-15(13)20/h1-2,5-6,11,13-15,20H,3-4,7-9H2,(H2,18,19,21). The lowest BCUT2D eigenvalue weighted by Crippen LogP contribution is -2.49. The lowest BCUT2D eigenvalue weighted by molar-refractivity contribution is 0.0943. The highest BCUT2D eigenvalue weighted by atomic mass is 19.1. The van der Waals surface area contributed by atoms with Crippen LogP contribution in [0.4, 0.5) is 9.18 Å². The van der Waals surface area contributed by atoms with E-state index in [0.29, 0.717) is 5.56 Å². The number of rotatable bonds is 3. The molecule has 0 aliphatic heterocycles. The first kappa shape index (κ1) is 14.3. The van der Waals surface area contributed by atoms with Crippen LogP contribution in [0.25, 0.3) is 0 Å². The van der Waals surface area contributed by atoms with Crippen molar-refractivity contribution in [3.63, 3.8) is 0 Å². The summed E-state index contributed by atoms with van der Waals surface area (Å²) in [5.41, 5.74) is 0.667. The largest absolute Gasteiger partial charge is 0.391 e. The summed E-state index contributed by atoms with van der Waals surface area (Å²) >= 11 is 0. The van der Waals surface area contributed by atoms with Crippen LogP contribution in [0.15, 0.2) is 24.3 Å². The number of hydrogen-bond donors (Lipinski definition) is 3. The number of nitrogens with one attached hydrogen (secondary N) is 2. The molecule has 3 N–H and O–H groups in total. The molecule has 0 saturated heterocycles. The maximum absolute atomic E-state index is 13.7. The number of urea groups is 1. The van der Waals surface area contributed by atoms with Gasteiger partial charge in [-0.1, -0.05) is 31.0 Å². The highest BCUT2D eigenvalue weighted by Gasteiger charge is 2.41. The lowest BCUT2D eigenvalue weighted by atomic mass is 9.93. The van der Waals surface area contributed by atoms with Gasteiger partial charge >= 0.3 is 6.03 Å². The highest BCUT2D eigenvalue weighted by Crippen LogP contribution is 2.41. The minimum Gasteiger partial charge on any atom is -0.391 e. The average Bonchev–Trinajstić information content (AvgIpc) is 3.21. The molecule has 2 aliphatic carbocycles. The summed E-state index contributed by atoms with van der Waals surface area (Å²) in [6.07, 6.45) is 3.91. The normalized spacial score (nSPS) is 31.5. The van der Waals surface area contributed by atoms with Crippen molar-refractivity contribution in [3.05, 3.63) is 35.6 Å². The van der Waals surface area contributed by atoms with Gasteiger partial charge in [-0.25, -0.2) is 9.18 Å². The molecule has 114 valence electrons. The molecule has 3 rings (SSSR count). The Labute approximate surface area is 123 Å². The Hall–Kier alpha value is -1.62. The van der Waals surface area contributed by atoms with Gasteiger partial charge in [0.1, 0.15) is 5.82 Å². The lowest BCUT2D eigenvalue weighted by Gasteiger charge is -2.28. The van der Waals surface area contributed by atoms with E-state index in [2.05, 4.69) is 10.6 Å². The second kappa shape index (κ2) is 6.02. The third-order valence-corrected chi connectivity index (χ3v) is 4.46. The Bertz CT molecular complexity index is 523. The van der Waals surface area contributed by atoms with Gasteiger partial charge in [0.25, 0.3) is 0 Å². The fraction of sp³-hybridized carbons (Fsp3) is 0.562.